The molecule has 0 aromatic rings. The van der Waals surface area contributed by atoms with E-state index in [9.17, 15) is 76.7 Å². The number of hydrogen-bond donors (Lipinski definition) is 3. The third-order valence-corrected chi connectivity index (χ3v) is 11.3. The first-order valence-corrected chi connectivity index (χ1v) is 25.1. The van der Waals surface area contributed by atoms with Crippen LogP contribution < -0.4 is 16.1 Å². The van der Waals surface area contributed by atoms with Crippen molar-refractivity contribution in [1.29, 1.82) is 0 Å². The molecule has 3 aliphatic heterocycles. The van der Waals surface area contributed by atoms with E-state index in [0.29, 0.717) is 11.5 Å². The molecule has 3 rings (SSSR count). The lowest BCUT2D eigenvalue weighted by Gasteiger charge is -2.30. The zero-order valence-electron chi connectivity index (χ0n) is 40.5. The number of imide groups is 3. The van der Waals surface area contributed by atoms with Gasteiger partial charge in [-0.25, -0.2) is 19.2 Å². The van der Waals surface area contributed by atoms with E-state index in [1.165, 1.54) is 9.97 Å². The zero-order chi connectivity index (χ0) is 55.6. The third kappa shape index (κ3) is 21.5. The third-order valence-electron chi connectivity index (χ3n) is 10.7. The molecule has 3 fully saturated rings. The number of hydrogen-bond acceptors (Lipinski definition) is 20. The molecule has 0 saturated carbocycles. The fraction of sp³-hybridized carbons (Fsp3) is 0.545. The van der Waals surface area contributed by atoms with Gasteiger partial charge in [-0.1, -0.05) is 38.8 Å². The lowest BCUT2D eigenvalue weighted by atomic mass is 10.1. The van der Waals surface area contributed by atoms with Gasteiger partial charge in [-0.05, 0) is 16.4 Å². The van der Waals surface area contributed by atoms with Gasteiger partial charge in [0.25, 0.3) is 41.4 Å². The summed E-state index contributed by atoms with van der Waals surface area (Å²) < 4.78 is 0. The van der Waals surface area contributed by atoms with Gasteiger partial charge in [0.05, 0.1) is 31.6 Å². The maximum Gasteiger partial charge on any atom is 0.334 e. The van der Waals surface area contributed by atoms with Crippen LogP contribution in [0.2, 0.25) is 0 Å². The van der Waals surface area contributed by atoms with Crippen molar-refractivity contribution in [2.45, 2.75) is 96.8 Å². The van der Waals surface area contributed by atoms with Crippen LogP contribution in [0.15, 0.2) is 22.1 Å². The summed E-state index contributed by atoms with van der Waals surface area (Å²) in [5, 5.41) is 5.84. The van der Waals surface area contributed by atoms with Crippen molar-refractivity contribution in [2.75, 3.05) is 52.4 Å². The van der Waals surface area contributed by atoms with Crippen LogP contribution in [0, 0.1) is 5.92 Å². The van der Waals surface area contributed by atoms with Crippen LogP contribution in [0.3, 0.4) is 0 Å². The number of rotatable bonds is 30. The fourth-order valence-electron chi connectivity index (χ4n) is 6.78. The molecule has 3 saturated heterocycles. The van der Waals surface area contributed by atoms with Crippen LogP contribution >= 0.6 is 31.9 Å². The Morgan fingerprint density at radius 3 is 1.13 bits per heavy atom. The number of carbonyl (C=O) groups excluding carboxylic acids is 16. The smallest absolute Gasteiger partial charge is 0.334 e. The van der Waals surface area contributed by atoms with E-state index in [1.54, 1.807) is 6.92 Å². The highest BCUT2D eigenvalue weighted by molar-refractivity contribution is 9.11. The second-order valence-corrected chi connectivity index (χ2v) is 17.3. The fourth-order valence-corrected chi connectivity index (χ4v) is 7.26. The number of carbonyl (C=O) groups is 16. The van der Waals surface area contributed by atoms with E-state index in [0.717, 1.165) is 26.9 Å². The highest BCUT2D eigenvalue weighted by atomic mass is 79.9. The predicted molar refractivity (Wildman–Crippen MR) is 254 cm³/mol. The van der Waals surface area contributed by atoms with Crippen molar-refractivity contribution in [3.63, 3.8) is 0 Å². The number of nitrogens with zero attached hydrogens (tertiary/aromatic N) is 6. The minimum atomic E-state index is -1.29. The van der Waals surface area contributed by atoms with E-state index in [1.807, 2.05) is 5.48 Å². The molecule has 3 N–H and O–H groups in total. The Morgan fingerprint density at radius 2 is 0.813 bits per heavy atom. The Balaban J connectivity index is 1.92. The standard InChI is InChI=1S/C44H55Br2N9O20/c1-2-3-31(58)49-72-40(67)14-22-50(23-15-41(68)73-53-34(61)4-5-35(53)62)32(59)12-20-52(44(71)28(26-47-29(56)10-18-45)27-48-30(57)11-19-46)21-13-33(60)51(24-16-42(69)74-54-36(63)6-7-37(54)64)25-17-43(70)75-55-38(65)8-9-39(55)66/h10-11,18-19,28H,2-9,12-17,20-27H2,1H3,(H,47,56)(H,48,57)(H,49,58)/b18-10+,19-11+. The van der Waals surface area contributed by atoms with Crippen LogP contribution in [-0.2, 0) is 96.1 Å². The lowest BCUT2D eigenvalue weighted by molar-refractivity contribution is -0.198. The van der Waals surface area contributed by atoms with E-state index in [4.69, 9.17) is 19.4 Å². The molecule has 29 nitrogen and oxygen atoms in total. The summed E-state index contributed by atoms with van der Waals surface area (Å²) in [5.41, 5.74) is 1.97. The molecular weight excluding hydrogens is 1130 g/mol. The molecule has 75 heavy (non-hydrogen) atoms. The second kappa shape index (κ2) is 32.0. The largest absolute Gasteiger partial charge is 0.352 e. The lowest BCUT2D eigenvalue weighted by Crippen LogP contribution is -2.48. The average molecular weight is 1190 g/mol. The Hall–Kier alpha value is -7.44. The summed E-state index contributed by atoms with van der Waals surface area (Å²) in [4.78, 5) is 228. The van der Waals surface area contributed by atoms with Crippen molar-refractivity contribution < 1.29 is 96.1 Å². The maximum atomic E-state index is 14.5. The highest BCUT2D eigenvalue weighted by Gasteiger charge is 2.36. The molecule has 0 unspecified atom stereocenters. The van der Waals surface area contributed by atoms with Gasteiger partial charge < -0.3 is 44.7 Å². The van der Waals surface area contributed by atoms with Crippen molar-refractivity contribution in [2.24, 2.45) is 5.92 Å². The summed E-state index contributed by atoms with van der Waals surface area (Å²) in [7, 11) is 0. The highest BCUT2D eigenvalue weighted by Crippen LogP contribution is 2.17. The number of hydroxylamine groups is 7. The summed E-state index contributed by atoms with van der Waals surface area (Å²) in [5.74, 6) is -14.9. The minimum Gasteiger partial charge on any atom is -0.352 e. The quantitative estimate of drug-likeness (QED) is 0.0426. The van der Waals surface area contributed by atoms with Crippen LogP contribution in [0.5, 0.6) is 0 Å². The van der Waals surface area contributed by atoms with Crippen molar-refractivity contribution in [1.82, 2.24) is 46.0 Å². The second-order valence-electron chi connectivity index (χ2n) is 16.2. The van der Waals surface area contributed by atoms with Gasteiger partial charge in [0.15, 0.2) is 0 Å². The van der Waals surface area contributed by atoms with E-state index in [2.05, 4.69) is 42.5 Å². The summed E-state index contributed by atoms with van der Waals surface area (Å²) in [6.07, 6.45) is -2.35. The van der Waals surface area contributed by atoms with E-state index in [-0.39, 0.29) is 55.1 Å². The molecule has 31 heteroatoms. The monoisotopic (exact) mass is 1190 g/mol. The zero-order valence-corrected chi connectivity index (χ0v) is 43.7. The molecule has 0 spiro atoms. The van der Waals surface area contributed by atoms with Gasteiger partial charge in [0, 0.05) is 122 Å². The van der Waals surface area contributed by atoms with Crippen LogP contribution in [0.25, 0.3) is 0 Å². The van der Waals surface area contributed by atoms with Gasteiger partial charge in [-0.2, -0.15) is 5.48 Å². The molecule has 0 aromatic heterocycles. The molecule has 0 aromatic carbocycles. The molecule has 3 aliphatic rings. The Kier molecular flexibility index (Phi) is 26.4. The minimum absolute atomic E-state index is 0.0297. The molecular formula is C44H55Br2N9O20. The first-order valence-electron chi connectivity index (χ1n) is 23.3. The maximum absolute atomic E-state index is 14.5. The van der Waals surface area contributed by atoms with Gasteiger partial charge in [-0.3, -0.25) is 57.5 Å². The Morgan fingerprint density at radius 1 is 0.493 bits per heavy atom. The number of nitrogens with one attached hydrogen (secondary N) is 3. The summed E-state index contributed by atoms with van der Waals surface area (Å²) >= 11 is 5.94. The van der Waals surface area contributed by atoms with Crippen molar-refractivity contribution in [3.05, 3.63) is 22.1 Å². The molecule has 410 valence electrons. The Bertz CT molecular complexity index is 2180. The first-order chi connectivity index (χ1) is 35.7. The number of halogens is 2. The van der Waals surface area contributed by atoms with Gasteiger partial charge in [-0.15, -0.1) is 15.2 Å². The molecule has 0 radical (unpaired) electrons. The summed E-state index contributed by atoms with van der Waals surface area (Å²) in [6, 6.07) is 0. The van der Waals surface area contributed by atoms with Gasteiger partial charge in [0.2, 0.25) is 29.5 Å². The molecule has 0 aliphatic carbocycles. The van der Waals surface area contributed by atoms with Crippen molar-refractivity contribution in [3.8, 4) is 0 Å². The number of amides is 12. The molecule has 0 atom stereocenters. The molecule has 12 amide bonds. The average Bonchev–Trinajstić information content (AvgIpc) is 3.98. The van der Waals surface area contributed by atoms with Gasteiger partial charge in [0.1, 0.15) is 0 Å². The molecule has 3 heterocycles. The predicted octanol–water partition coefficient (Wildman–Crippen LogP) is -1.33. The SMILES string of the molecule is CCCC(=O)NOC(=O)CCN(CCC(=O)ON1C(=O)CCC1=O)C(=O)CCN(CCC(=O)N(CCC(=O)ON1C(=O)CCC1=O)CCC(=O)ON1C(=O)CCC1=O)C(=O)C(CNC(=O)/C=C/Br)CNC(=O)/C=C/Br. The van der Waals surface area contributed by atoms with E-state index < -0.39 is 192 Å². The van der Waals surface area contributed by atoms with Gasteiger partial charge >= 0.3 is 23.9 Å². The molecule has 0 bridgehead atoms. The van der Waals surface area contributed by atoms with E-state index >= 15 is 0 Å². The van der Waals surface area contributed by atoms with Crippen LogP contribution in [0.4, 0.5) is 0 Å². The van der Waals surface area contributed by atoms with Crippen LogP contribution in [-0.4, -0.2) is 177 Å². The van der Waals surface area contributed by atoms with Crippen molar-refractivity contribution >= 4 is 127 Å². The Labute approximate surface area is 444 Å². The van der Waals surface area contributed by atoms with Crippen LogP contribution in [0.1, 0.15) is 96.8 Å². The normalized spacial score (nSPS) is 14.4. The topological polar surface area (TPSA) is 366 Å². The first kappa shape index (κ1) is 61.9. The summed E-state index contributed by atoms with van der Waals surface area (Å²) in [6.45, 7) is -2.20.